The van der Waals surface area contributed by atoms with Crippen LogP contribution in [0.3, 0.4) is 0 Å². The molecule has 0 fully saturated rings. The van der Waals surface area contributed by atoms with E-state index in [1.165, 1.54) is 6.21 Å². The Kier molecular flexibility index (Phi) is 6.57. The minimum atomic E-state index is -0.549. The second kappa shape index (κ2) is 9.50. The first-order valence-electron chi connectivity index (χ1n) is 8.80. The van der Waals surface area contributed by atoms with Crippen molar-refractivity contribution in [2.45, 2.75) is 6.54 Å². The zero-order chi connectivity index (χ0) is 20.6. The molecule has 0 radical (unpaired) electrons. The fourth-order valence-corrected chi connectivity index (χ4v) is 2.56. The Bertz CT molecular complexity index is 963. The number of hydrogen-bond acceptors (Lipinski definition) is 7. The molecule has 0 aliphatic heterocycles. The van der Waals surface area contributed by atoms with Crippen molar-refractivity contribution >= 4 is 12.0 Å². The molecule has 2 aromatic carbocycles. The molecule has 1 aromatic heterocycles. The third kappa shape index (κ3) is 5.41. The second-order valence-corrected chi connectivity index (χ2v) is 6.13. The lowest BCUT2D eigenvalue weighted by atomic mass is 10.2. The first-order chi connectivity index (χ1) is 14.1. The number of nitrogens with zero attached hydrogens (tertiary/aromatic N) is 4. The van der Waals surface area contributed by atoms with Crippen molar-refractivity contribution in [2.24, 2.45) is 5.16 Å². The van der Waals surface area contributed by atoms with Crippen LogP contribution in [0.4, 0.5) is 10.2 Å². The summed E-state index contributed by atoms with van der Waals surface area (Å²) in [5.41, 5.74) is 1.79. The van der Waals surface area contributed by atoms with Crippen LogP contribution >= 0.6 is 0 Å². The van der Waals surface area contributed by atoms with Gasteiger partial charge in [0, 0.05) is 13.6 Å². The van der Waals surface area contributed by atoms with Crippen LogP contribution in [0.5, 0.6) is 17.5 Å². The van der Waals surface area contributed by atoms with Crippen LogP contribution in [0, 0.1) is 5.82 Å². The Morgan fingerprint density at radius 2 is 1.62 bits per heavy atom. The highest BCUT2D eigenvalue weighted by atomic mass is 19.1. The van der Waals surface area contributed by atoms with Crippen molar-refractivity contribution < 1.29 is 18.7 Å². The predicted octanol–water partition coefficient (Wildman–Crippen LogP) is 3.68. The SMILES string of the molecule is COc1ccc(C=NOc2ncc(F)c(N(C)Cc3ccc(OC)cc3)n2)cc1. The van der Waals surface area contributed by atoms with Crippen molar-refractivity contribution in [1.82, 2.24) is 9.97 Å². The van der Waals surface area contributed by atoms with E-state index in [2.05, 4.69) is 15.1 Å². The molecule has 3 rings (SSSR count). The first-order valence-corrected chi connectivity index (χ1v) is 8.80. The highest BCUT2D eigenvalue weighted by Gasteiger charge is 2.13. The molecule has 0 saturated heterocycles. The summed E-state index contributed by atoms with van der Waals surface area (Å²) >= 11 is 0. The van der Waals surface area contributed by atoms with Gasteiger partial charge in [-0.3, -0.25) is 0 Å². The monoisotopic (exact) mass is 396 g/mol. The Morgan fingerprint density at radius 3 is 2.24 bits per heavy atom. The molecule has 0 N–H and O–H groups in total. The molecule has 29 heavy (non-hydrogen) atoms. The number of halogens is 1. The lowest BCUT2D eigenvalue weighted by molar-refractivity contribution is 0.313. The van der Waals surface area contributed by atoms with Gasteiger partial charge in [-0.25, -0.2) is 4.39 Å². The van der Waals surface area contributed by atoms with Gasteiger partial charge in [0.05, 0.1) is 26.6 Å². The lowest BCUT2D eigenvalue weighted by Gasteiger charge is -2.18. The standard InChI is InChI=1S/C21H21FN4O3/c1-26(14-16-6-10-18(28-3)11-7-16)20-19(22)13-23-21(25-20)29-24-12-15-4-8-17(27-2)9-5-15/h4-13H,14H2,1-3H3. The van der Waals surface area contributed by atoms with Crippen molar-refractivity contribution in [2.75, 3.05) is 26.2 Å². The smallest absolute Gasteiger partial charge is 0.347 e. The number of hydrogen-bond donors (Lipinski definition) is 0. The minimum absolute atomic E-state index is 0.0484. The van der Waals surface area contributed by atoms with Gasteiger partial charge in [0.1, 0.15) is 11.5 Å². The maximum Gasteiger partial charge on any atom is 0.347 e. The third-order valence-corrected chi connectivity index (χ3v) is 4.10. The number of methoxy groups -OCH3 is 2. The Morgan fingerprint density at radius 1 is 1.00 bits per heavy atom. The molecular formula is C21H21FN4O3. The van der Waals surface area contributed by atoms with E-state index in [0.29, 0.717) is 6.54 Å². The van der Waals surface area contributed by atoms with E-state index >= 15 is 0 Å². The molecule has 0 atom stereocenters. The summed E-state index contributed by atoms with van der Waals surface area (Å²) in [4.78, 5) is 14.8. The highest BCUT2D eigenvalue weighted by molar-refractivity contribution is 5.79. The Hall–Kier alpha value is -3.68. The molecule has 8 heteroatoms. The largest absolute Gasteiger partial charge is 0.497 e. The van der Waals surface area contributed by atoms with Gasteiger partial charge in [0.2, 0.25) is 0 Å². The molecule has 0 unspecified atom stereocenters. The van der Waals surface area contributed by atoms with Gasteiger partial charge in [0.15, 0.2) is 11.6 Å². The number of ether oxygens (including phenoxy) is 2. The minimum Gasteiger partial charge on any atom is -0.497 e. The molecule has 0 aliphatic rings. The molecule has 150 valence electrons. The van der Waals surface area contributed by atoms with Crippen LogP contribution in [0.15, 0.2) is 59.9 Å². The zero-order valence-electron chi connectivity index (χ0n) is 16.4. The number of aromatic nitrogens is 2. The Balaban J connectivity index is 1.66. The fraction of sp³-hybridized carbons (Fsp3) is 0.190. The molecule has 0 spiro atoms. The molecule has 3 aromatic rings. The van der Waals surface area contributed by atoms with E-state index < -0.39 is 5.82 Å². The van der Waals surface area contributed by atoms with Gasteiger partial charge in [-0.05, 0) is 47.5 Å². The molecule has 0 saturated carbocycles. The van der Waals surface area contributed by atoms with Crippen LogP contribution in [-0.4, -0.2) is 37.4 Å². The summed E-state index contributed by atoms with van der Waals surface area (Å²) in [5.74, 6) is 1.07. The maximum atomic E-state index is 14.2. The summed E-state index contributed by atoms with van der Waals surface area (Å²) in [7, 11) is 4.94. The van der Waals surface area contributed by atoms with Crippen LogP contribution < -0.4 is 19.2 Å². The van der Waals surface area contributed by atoms with E-state index in [9.17, 15) is 4.39 Å². The van der Waals surface area contributed by atoms with Gasteiger partial charge < -0.3 is 19.2 Å². The van der Waals surface area contributed by atoms with Crippen LogP contribution in [-0.2, 0) is 6.54 Å². The normalized spacial score (nSPS) is 10.8. The van der Waals surface area contributed by atoms with Gasteiger partial charge in [-0.2, -0.15) is 9.97 Å². The predicted molar refractivity (Wildman–Crippen MR) is 108 cm³/mol. The number of rotatable bonds is 8. The summed E-state index contributed by atoms with van der Waals surface area (Å²) in [6, 6.07) is 14.7. The first kappa shape index (κ1) is 20.1. The zero-order valence-corrected chi connectivity index (χ0v) is 16.4. The third-order valence-electron chi connectivity index (χ3n) is 4.10. The molecule has 0 aliphatic carbocycles. The van der Waals surface area contributed by atoms with E-state index in [0.717, 1.165) is 28.8 Å². The topological polar surface area (TPSA) is 69.1 Å². The van der Waals surface area contributed by atoms with Crippen LogP contribution in [0.25, 0.3) is 0 Å². The van der Waals surface area contributed by atoms with E-state index in [1.54, 1.807) is 26.2 Å². The molecule has 7 nitrogen and oxygen atoms in total. The molecule has 0 amide bonds. The van der Waals surface area contributed by atoms with Crippen molar-refractivity contribution in [3.8, 4) is 17.5 Å². The summed E-state index contributed by atoms with van der Waals surface area (Å²) in [6.45, 7) is 0.451. The summed E-state index contributed by atoms with van der Waals surface area (Å²) < 4.78 is 24.5. The lowest BCUT2D eigenvalue weighted by Crippen LogP contribution is -2.19. The van der Waals surface area contributed by atoms with Crippen molar-refractivity contribution in [3.05, 3.63) is 71.7 Å². The quantitative estimate of drug-likeness (QED) is 0.427. The number of oxime groups is 1. The highest BCUT2D eigenvalue weighted by Crippen LogP contribution is 2.20. The van der Waals surface area contributed by atoms with Crippen LogP contribution in [0.2, 0.25) is 0 Å². The van der Waals surface area contributed by atoms with Crippen molar-refractivity contribution in [3.63, 3.8) is 0 Å². The average molecular weight is 396 g/mol. The summed E-state index contributed by atoms with van der Waals surface area (Å²) in [5, 5.41) is 3.85. The molecule has 1 heterocycles. The Labute approximate surface area is 168 Å². The molecular weight excluding hydrogens is 375 g/mol. The average Bonchev–Trinajstić information content (AvgIpc) is 2.76. The van der Waals surface area contributed by atoms with Gasteiger partial charge >= 0.3 is 6.01 Å². The van der Waals surface area contributed by atoms with Gasteiger partial charge in [0.25, 0.3) is 0 Å². The van der Waals surface area contributed by atoms with Gasteiger partial charge in [-0.1, -0.05) is 17.3 Å². The van der Waals surface area contributed by atoms with Gasteiger partial charge in [-0.15, -0.1) is 0 Å². The van der Waals surface area contributed by atoms with E-state index in [1.807, 2.05) is 48.5 Å². The second-order valence-electron chi connectivity index (χ2n) is 6.13. The summed E-state index contributed by atoms with van der Waals surface area (Å²) in [6.07, 6.45) is 2.57. The number of anilines is 1. The van der Waals surface area contributed by atoms with Crippen molar-refractivity contribution in [1.29, 1.82) is 0 Å². The van der Waals surface area contributed by atoms with E-state index in [4.69, 9.17) is 14.3 Å². The molecule has 0 bridgehead atoms. The van der Waals surface area contributed by atoms with Crippen LogP contribution in [0.1, 0.15) is 11.1 Å². The fourth-order valence-electron chi connectivity index (χ4n) is 2.56. The number of benzene rings is 2. The maximum absolute atomic E-state index is 14.2. The van der Waals surface area contributed by atoms with E-state index in [-0.39, 0.29) is 11.8 Å².